The maximum Gasteiger partial charge on any atom is 0.271 e. The zero-order valence-electron chi connectivity index (χ0n) is 12.2. The highest BCUT2D eigenvalue weighted by Gasteiger charge is 2.12. The monoisotopic (exact) mass is 332 g/mol. The standard InChI is InChI=1S/C14H16N6O2S/c15-14(16)18-7-12-20-10(8-23-12)13(22)17-6-11(21)19-9-4-2-1-3-5-9/h1-5,8H,6-7H2,(H,17,22)(H,19,21)(H4,15,16,18). The van der Waals surface area contributed by atoms with Crippen LogP contribution in [0.3, 0.4) is 0 Å². The number of aliphatic imine (C=N–C) groups is 1. The summed E-state index contributed by atoms with van der Waals surface area (Å²) in [7, 11) is 0. The minimum Gasteiger partial charge on any atom is -0.370 e. The Balaban J connectivity index is 1.82. The Morgan fingerprint density at radius 3 is 2.65 bits per heavy atom. The molecule has 6 N–H and O–H groups in total. The highest BCUT2D eigenvalue weighted by molar-refractivity contribution is 7.09. The predicted molar refractivity (Wildman–Crippen MR) is 89.0 cm³/mol. The SMILES string of the molecule is NC(N)=NCc1nc(C(=O)NCC(=O)Nc2ccccc2)cs1. The number of hydrogen-bond donors (Lipinski definition) is 4. The minimum atomic E-state index is -0.430. The molecule has 120 valence electrons. The highest BCUT2D eigenvalue weighted by atomic mass is 32.1. The fourth-order valence-corrected chi connectivity index (χ4v) is 2.32. The van der Waals surface area contributed by atoms with Crippen molar-refractivity contribution < 1.29 is 9.59 Å². The van der Waals surface area contributed by atoms with Crippen molar-refractivity contribution in [3.05, 3.63) is 46.4 Å². The third-order valence-corrected chi connectivity index (χ3v) is 3.48. The number of amides is 2. The number of nitrogens with zero attached hydrogens (tertiary/aromatic N) is 2. The van der Waals surface area contributed by atoms with Crippen molar-refractivity contribution in [2.45, 2.75) is 6.54 Å². The van der Waals surface area contributed by atoms with E-state index in [-0.39, 0.29) is 30.7 Å². The van der Waals surface area contributed by atoms with E-state index in [0.29, 0.717) is 10.7 Å². The molecule has 2 amide bonds. The number of nitrogens with one attached hydrogen (secondary N) is 2. The van der Waals surface area contributed by atoms with Gasteiger partial charge in [-0.2, -0.15) is 0 Å². The van der Waals surface area contributed by atoms with E-state index in [1.54, 1.807) is 17.5 Å². The Kier molecular flexibility index (Phi) is 5.64. The van der Waals surface area contributed by atoms with E-state index in [1.807, 2.05) is 18.2 Å². The molecule has 1 aromatic carbocycles. The van der Waals surface area contributed by atoms with E-state index in [1.165, 1.54) is 11.3 Å². The van der Waals surface area contributed by atoms with E-state index in [0.717, 1.165) is 0 Å². The first-order valence-corrected chi connectivity index (χ1v) is 7.55. The van der Waals surface area contributed by atoms with E-state index < -0.39 is 5.91 Å². The molecular formula is C14H16N6O2S. The van der Waals surface area contributed by atoms with Crippen LogP contribution >= 0.6 is 11.3 Å². The summed E-state index contributed by atoms with van der Waals surface area (Å²) < 4.78 is 0. The van der Waals surface area contributed by atoms with Crippen LogP contribution in [-0.4, -0.2) is 29.3 Å². The number of carbonyl (C=O) groups excluding carboxylic acids is 2. The number of benzene rings is 1. The zero-order valence-corrected chi connectivity index (χ0v) is 13.0. The van der Waals surface area contributed by atoms with Crippen LogP contribution in [0.15, 0.2) is 40.7 Å². The van der Waals surface area contributed by atoms with Crippen LogP contribution in [0, 0.1) is 0 Å². The number of hydrogen-bond acceptors (Lipinski definition) is 5. The molecule has 8 nitrogen and oxygen atoms in total. The van der Waals surface area contributed by atoms with Gasteiger partial charge in [0, 0.05) is 11.1 Å². The van der Waals surface area contributed by atoms with Gasteiger partial charge in [0.1, 0.15) is 10.7 Å². The molecule has 0 spiro atoms. The van der Waals surface area contributed by atoms with Crippen LogP contribution in [0.4, 0.5) is 5.69 Å². The number of carbonyl (C=O) groups is 2. The second-order valence-corrected chi connectivity index (χ2v) is 5.41. The fourth-order valence-electron chi connectivity index (χ4n) is 1.62. The molecule has 0 atom stereocenters. The lowest BCUT2D eigenvalue weighted by Crippen LogP contribution is -2.33. The Morgan fingerprint density at radius 1 is 1.22 bits per heavy atom. The average molecular weight is 332 g/mol. The number of para-hydroxylation sites is 1. The van der Waals surface area contributed by atoms with Gasteiger partial charge in [0.25, 0.3) is 5.91 Å². The summed E-state index contributed by atoms with van der Waals surface area (Å²) >= 11 is 1.27. The maximum atomic E-state index is 11.9. The molecule has 0 aliphatic rings. The summed E-state index contributed by atoms with van der Waals surface area (Å²) in [5, 5.41) is 7.37. The van der Waals surface area contributed by atoms with Gasteiger partial charge in [-0.1, -0.05) is 18.2 Å². The number of anilines is 1. The molecule has 0 unspecified atom stereocenters. The lowest BCUT2D eigenvalue weighted by molar-refractivity contribution is -0.115. The highest BCUT2D eigenvalue weighted by Crippen LogP contribution is 2.10. The number of aromatic nitrogens is 1. The minimum absolute atomic E-state index is 0.0382. The summed E-state index contributed by atoms with van der Waals surface area (Å²) in [5.74, 6) is -0.787. The molecule has 23 heavy (non-hydrogen) atoms. The Labute approximate surface area is 136 Å². The molecule has 0 saturated heterocycles. The molecule has 0 radical (unpaired) electrons. The maximum absolute atomic E-state index is 11.9. The van der Waals surface area contributed by atoms with Gasteiger partial charge >= 0.3 is 0 Å². The predicted octanol–water partition coefficient (Wildman–Crippen LogP) is 0.285. The molecule has 1 aromatic heterocycles. The third kappa shape index (κ3) is 5.40. The van der Waals surface area contributed by atoms with Gasteiger partial charge in [0.15, 0.2) is 5.96 Å². The summed E-state index contributed by atoms with van der Waals surface area (Å²) in [6.45, 7) is 0.0727. The average Bonchev–Trinajstić information content (AvgIpc) is 3.00. The van der Waals surface area contributed by atoms with Gasteiger partial charge in [0.2, 0.25) is 5.91 Å². The fraction of sp³-hybridized carbons (Fsp3) is 0.143. The lowest BCUT2D eigenvalue weighted by Gasteiger charge is -2.05. The molecule has 0 saturated carbocycles. The van der Waals surface area contributed by atoms with Gasteiger partial charge in [-0.05, 0) is 12.1 Å². The molecule has 0 fully saturated rings. The number of thiazole rings is 1. The zero-order chi connectivity index (χ0) is 16.7. The normalized spacial score (nSPS) is 9.91. The molecule has 2 rings (SSSR count). The van der Waals surface area contributed by atoms with Crippen LogP contribution in [0.5, 0.6) is 0 Å². The lowest BCUT2D eigenvalue weighted by atomic mass is 10.3. The van der Waals surface area contributed by atoms with Crippen molar-refractivity contribution in [1.29, 1.82) is 0 Å². The molecule has 0 aliphatic heterocycles. The van der Waals surface area contributed by atoms with Crippen LogP contribution in [0.1, 0.15) is 15.5 Å². The van der Waals surface area contributed by atoms with Crippen LogP contribution in [-0.2, 0) is 11.3 Å². The smallest absolute Gasteiger partial charge is 0.271 e. The second kappa shape index (κ2) is 7.90. The van der Waals surface area contributed by atoms with Gasteiger partial charge in [-0.15, -0.1) is 11.3 Å². The third-order valence-electron chi connectivity index (χ3n) is 2.65. The summed E-state index contributed by atoms with van der Waals surface area (Å²) in [6, 6.07) is 8.98. The Bertz CT molecular complexity index is 709. The molecule has 0 aliphatic carbocycles. The van der Waals surface area contributed by atoms with Gasteiger partial charge in [0.05, 0.1) is 13.1 Å². The first kappa shape index (κ1) is 16.4. The van der Waals surface area contributed by atoms with E-state index in [2.05, 4.69) is 20.6 Å². The summed E-state index contributed by atoms with van der Waals surface area (Å²) in [4.78, 5) is 31.6. The molecule has 9 heteroatoms. The Hall–Kier alpha value is -2.94. The largest absolute Gasteiger partial charge is 0.370 e. The molecule has 1 heterocycles. The van der Waals surface area contributed by atoms with Crippen molar-refractivity contribution in [3.63, 3.8) is 0 Å². The quantitative estimate of drug-likeness (QED) is 0.445. The molecule has 2 aromatic rings. The van der Waals surface area contributed by atoms with Gasteiger partial charge in [-0.3, -0.25) is 9.59 Å². The first-order chi connectivity index (χ1) is 11.0. The molecular weight excluding hydrogens is 316 g/mol. The topological polar surface area (TPSA) is 135 Å². The van der Waals surface area contributed by atoms with E-state index in [4.69, 9.17) is 11.5 Å². The number of nitrogens with two attached hydrogens (primary N) is 2. The van der Waals surface area contributed by atoms with Gasteiger partial charge < -0.3 is 22.1 Å². The van der Waals surface area contributed by atoms with Crippen molar-refractivity contribution in [2.75, 3.05) is 11.9 Å². The number of guanidine groups is 1. The van der Waals surface area contributed by atoms with Crippen molar-refractivity contribution in [3.8, 4) is 0 Å². The first-order valence-electron chi connectivity index (χ1n) is 6.67. The second-order valence-electron chi connectivity index (χ2n) is 4.46. The van der Waals surface area contributed by atoms with Crippen molar-refractivity contribution in [2.24, 2.45) is 16.5 Å². The van der Waals surface area contributed by atoms with Crippen LogP contribution in [0.2, 0.25) is 0 Å². The van der Waals surface area contributed by atoms with Crippen LogP contribution < -0.4 is 22.1 Å². The summed E-state index contributed by atoms with van der Waals surface area (Å²) in [5.41, 5.74) is 11.4. The van der Waals surface area contributed by atoms with Crippen molar-refractivity contribution >= 4 is 34.8 Å². The van der Waals surface area contributed by atoms with Crippen LogP contribution in [0.25, 0.3) is 0 Å². The van der Waals surface area contributed by atoms with Gasteiger partial charge in [-0.25, -0.2) is 9.98 Å². The number of rotatable bonds is 6. The van der Waals surface area contributed by atoms with Crippen molar-refractivity contribution in [1.82, 2.24) is 10.3 Å². The Morgan fingerprint density at radius 2 is 1.96 bits per heavy atom. The molecule has 0 bridgehead atoms. The summed E-state index contributed by atoms with van der Waals surface area (Å²) in [6.07, 6.45) is 0. The van der Waals surface area contributed by atoms with E-state index >= 15 is 0 Å². The van der Waals surface area contributed by atoms with E-state index in [9.17, 15) is 9.59 Å².